The minimum Gasteiger partial charge on any atom is -0.494 e. The molecule has 146 valence electrons. The van der Waals surface area contributed by atoms with Gasteiger partial charge in [-0.05, 0) is 55.0 Å². The maximum atomic E-state index is 12.1. The van der Waals surface area contributed by atoms with Crippen LogP contribution in [0.1, 0.15) is 22.8 Å². The van der Waals surface area contributed by atoms with Gasteiger partial charge in [-0.15, -0.1) is 0 Å². The van der Waals surface area contributed by atoms with Crippen LogP contribution in [0.5, 0.6) is 17.2 Å². The van der Waals surface area contributed by atoms with E-state index in [1.165, 1.54) is 6.08 Å². The van der Waals surface area contributed by atoms with E-state index in [0.29, 0.717) is 53.2 Å². The summed E-state index contributed by atoms with van der Waals surface area (Å²) in [6, 6.07) is 9.98. The zero-order chi connectivity index (χ0) is 19.9. The maximum absolute atomic E-state index is 12.1. The van der Waals surface area contributed by atoms with Crippen molar-refractivity contribution >= 4 is 29.5 Å². The maximum Gasteiger partial charge on any atom is 0.269 e. The number of benzene rings is 2. The van der Waals surface area contributed by atoms with Crippen molar-refractivity contribution in [2.24, 2.45) is 0 Å². The van der Waals surface area contributed by atoms with Gasteiger partial charge in [-0.25, -0.2) is 0 Å². The van der Waals surface area contributed by atoms with E-state index in [2.05, 4.69) is 10.9 Å². The average molecular weight is 403 g/mol. The quantitative estimate of drug-likeness (QED) is 0.593. The van der Waals surface area contributed by atoms with E-state index < -0.39 is 11.8 Å². The van der Waals surface area contributed by atoms with E-state index in [-0.39, 0.29) is 0 Å². The molecule has 1 heterocycles. The van der Waals surface area contributed by atoms with Crippen LogP contribution in [0.2, 0.25) is 5.02 Å². The molecule has 0 aliphatic carbocycles. The van der Waals surface area contributed by atoms with Gasteiger partial charge in [0.15, 0.2) is 11.5 Å². The molecule has 1 aliphatic rings. The van der Waals surface area contributed by atoms with E-state index in [4.69, 9.17) is 25.8 Å². The average Bonchev–Trinajstić information content (AvgIpc) is 2.71. The Morgan fingerprint density at radius 3 is 2.64 bits per heavy atom. The van der Waals surface area contributed by atoms with Crippen LogP contribution >= 0.6 is 11.6 Å². The number of carbonyl (C=O) groups is 2. The molecule has 0 unspecified atom stereocenters. The Balaban J connectivity index is 1.55. The van der Waals surface area contributed by atoms with Crippen LogP contribution in [-0.2, 0) is 4.79 Å². The van der Waals surface area contributed by atoms with Crippen molar-refractivity contribution in [3.8, 4) is 17.2 Å². The lowest BCUT2D eigenvalue weighted by atomic mass is 10.1. The molecule has 7 nitrogen and oxygen atoms in total. The number of rotatable bonds is 5. The molecule has 2 N–H and O–H groups in total. The van der Waals surface area contributed by atoms with Crippen molar-refractivity contribution in [3.63, 3.8) is 0 Å². The standard InChI is InChI=1S/C20H19ClN2O5/c1-2-26-15-6-4-14(5-7-15)20(25)23-22-18(24)8-3-13-11-16(21)19-17(12-13)27-9-10-28-19/h3-8,11-12H,2,9-10H2,1H3,(H,22,24)(H,23,25)/b8-3+. The Kier molecular flexibility index (Phi) is 6.39. The van der Waals surface area contributed by atoms with Gasteiger partial charge in [-0.1, -0.05) is 11.6 Å². The summed E-state index contributed by atoms with van der Waals surface area (Å²) >= 11 is 6.16. The number of amides is 2. The van der Waals surface area contributed by atoms with Crippen LogP contribution in [0.3, 0.4) is 0 Å². The summed E-state index contributed by atoms with van der Waals surface area (Å²) in [4.78, 5) is 24.0. The summed E-state index contributed by atoms with van der Waals surface area (Å²) in [7, 11) is 0. The first-order valence-corrected chi connectivity index (χ1v) is 9.05. The van der Waals surface area contributed by atoms with Gasteiger partial charge in [0.05, 0.1) is 11.6 Å². The molecule has 0 spiro atoms. The second kappa shape index (κ2) is 9.14. The van der Waals surface area contributed by atoms with Gasteiger partial charge in [-0.2, -0.15) is 0 Å². The molecule has 2 amide bonds. The highest BCUT2D eigenvalue weighted by molar-refractivity contribution is 6.32. The van der Waals surface area contributed by atoms with Crippen LogP contribution in [0.15, 0.2) is 42.5 Å². The number of carbonyl (C=O) groups excluding carboxylic acids is 2. The summed E-state index contributed by atoms with van der Waals surface area (Å²) in [5.41, 5.74) is 5.73. The molecule has 0 bridgehead atoms. The molecule has 8 heteroatoms. The molecular formula is C20H19ClN2O5. The first kappa shape index (κ1) is 19.6. The van der Waals surface area contributed by atoms with Crippen molar-refractivity contribution in [1.82, 2.24) is 10.9 Å². The Labute approximate surface area is 167 Å². The Morgan fingerprint density at radius 1 is 1.14 bits per heavy atom. The van der Waals surface area contributed by atoms with Gasteiger partial charge in [0.25, 0.3) is 11.8 Å². The molecule has 2 aromatic rings. The lowest BCUT2D eigenvalue weighted by molar-refractivity contribution is -0.117. The third-order valence-electron chi connectivity index (χ3n) is 3.77. The fourth-order valence-electron chi connectivity index (χ4n) is 2.50. The SMILES string of the molecule is CCOc1ccc(C(=O)NNC(=O)/C=C/c2cc(Cl)c3c(c2)OCCO3)cc1. The number of hydrogen-bond acceptors (Lipinski definition) is 5. The first-order valence-electron chi connectivity index (χ1n) is 8.67. The van der Waals surface area contributed by atoms with Crippen LogP contribution in [0, 0.1) is 0 Å². The number of nitrogens with one attached hydrogen (secondary N) is 2. The highest BCUT2D eigenvalue weighted by atomic mass is 35.5. The summed E-state index contributed by atoms with van der Waals surface area (Å²) in [5, 5.41) is 0.404. The van der Waals surface area contributed by atoms with Gasteiger partial charge < -0.3 is 14.2 Å². The minimum atomic E-state index is -0.495. The summed E-state index contributed by atoms with van der Waals surface area (Å²) in [6.07, 6.45) is 2.84. The highest BCUT2D eigenvalue weighted by Gasteiger charge is 2.16. The van der Waals surface area contributed by atoms with E-state index >= 15 is 0 Å². The lowest BCUT2D eigenvalue weighted by Gasteiger charge is -2.19. The van der Waals surface area contributed by atoms with Crippen LogP contribution < -0.4 is 25.1 Å². The van der Waals surface area contributed by atoms with E-state index in [0.717, 1.165) is 0 Å². The normalized spacial score (nSPS) is 12.5. The molecule has 3 rings (SSSR count). The molecule has 0 aromatic heterocycles. The molecule has 0 saturated heterocycles. The van der Waals surface area contributed by atoms with Crippen molar-refractivity contribution in [3.05, 3.63) is 58.6 Å². The Bertz CT molecular complexity index is 896. The fourth-order valence-corrected chi connectivity index (χ4v) is 2.77. The molecule has 28 heavy (non-hydrogen) atoms. The smallest absolute Gasteiger partial charge is 0.269 e. The third kappa shape index (κ3) is 4.95. The number of fused-ring (bicyclic) bond motifs is 1. The van der Waals surface area contributed by atoms with Gasteiger partial charge in [0.1, 0.15) is 19.0 Å². The summed E-state index contributed by atoms with van der Waals surface area (Å²) in [6.45, 7) is 3.30. The van der Waals surface area contributed by atoms with Crippen LogP contribution in [0.4, 0.5) is 0 Å². The summed E-state index contributed by atoms with van der Waals surface area (Å²) in [5.74, 6) is 0.765. The molecule has 0 saturated carbocycles. The molecule has 2 aromatic carbocycles. The van der Waals surface area contributed by atoms with Gasteiger partial charge in [0.2, 0.25) is 0 Å². The van der Waals surface area contributed by atoms with Crippen molar-refractivity contribution in [2.45, 2.75) is 6.92 Å². The van der Waals surface area contributed by atoms with Gasteiger partial charge in [0, 0.05) is 11.6 Å². The van der Waals surface area contributed by atoms with E-state index in [1.54, 1.807) is 42.5 Å². The number of hydrazine groups is 1. The van der Waals surface area contributed by atoms with Crippen LogP contribution in [-0.4, -0.2) is 31.6 Å². The van der Waals surface area contributed by atoms with Crippen LogP contribution in [0.25, 0.3) is 6.08 Å². The zero-order valence-corrected chi connectivity index (χ0v) is 15.9. The predicted molar refractivity (Wildman–Crippen MR) is 105 cm³/mol. The largest absolute Gasteiger partial charge is 0.494 e. The molecule has 0 fully saturated rings. The molecule has 0 radical (unpaired) electrons. The van der Waals surface area contributed by atoms with E-state index in [1.807, 2.05) is 6.92 Å². The lowest BCUT2D eigenvalue weighted by Crippen LogP contribution is -2.40. The van der Waals surface area contributed by atoms with Crippen molar-refractivity contribution in [2.75, 3.05) is 19.8 Å². The second-order valence-electron chi connectivity index (χ2n) is 5.76. The van der Waals surface area contributed by atoms with Crippen molar-refractivity contribution < 1.29 is 23.8 Å². The van der Waals surface area contributed by atoms with E-state index in [9.17, 15) is 9.59 Å². The highest BCUT2D eigenvalue weighted by Crippen LogP contribution is 2.38. The number of ether oxygens (including phenoxy) is 3. The topological polar surface area (TPSA) is 85.9 Å². The minimum absolute atomic E-state index is 0.395. The monoisotopic (exact) mass is 402 g/mol. The molecular weight excluding hydrogens is 384 g/mol. The number of halogens is 1. The summed E-state index contributed by atoms with van der Waals surface area (Å²) < 4.78 is 16.3. The molecule has 0 atom stereocenters. The Hall–Kier alpha value is -3.19. The van der Waals surface area contributed by atoms with Gasteiger partial charge in [-0.3, -0.25) is 20.4 Å². The second-order valence-corrected chi connectivity index (χ2v) is 6.17. The predicted octanol–water partition coefficient (Wildman–Crippen LogP) is 2.98. The number of hydrogen-bond donors (Lipinski definition) is 2. The Morgan fingerprint density at radius 2 is 1.89 bits per heavy atom. The van der Waals surface area contributed by atoms with Gasteiger partial charge >= 0.3 is 0 Å². The zero-order valence-electron chi connectivity index (χ0n) is 15.2. The fraction of sp³-hybridized carbons (Fsp3) is 0.200. The van der Waals surface area contributed by atoms with Crippen molar-refractivity contribution in [1.29, 1.82) is 0 Å². The molecule has 1 aliphatic heterocycles. The third-order valence-corrected chi connectivity index (χ3v) is 4.05. The first-order chi connectivity index (χ1) is 13.6.